The maximum absolute atomic E-state index is 10.3. The van der Waals surface area contributed by atoms with E-state index in [2.05, 4.69) is 26.0 Å². The van der Waals surface area contributed by atoms with Crippen LogP contribution in [0.15, 0.2) is 12.2 Å². The Kier molecular flexibility index (Phi) is 32.3. The summed E-state index contributed by atoms with van der Waals surface area (Å²) < 4.78 is 33.1. The summed E-state index contributed by atoms with van der Waals surface area (Å²) in [4.78, 5) is 10.3. The smallest absolute Gasteiger partial charge is 0.264 e. The Morgan fingerprint density at radius 1 is 0.871 bits per heavy atom. The number of aliphatic hydroxyl groups is 1. The number of carboxylic acids is 1. The molecule has 0 saturated carbocycles. The summed E-state index contributed by atoms with van der Waals surface area (Å²) in [5.41, 5.74) is 0. The number of hydrogen-bond donors (Lipinski definition) is 4. The summed E-state index contributed by atoms with van der Waals surface area (Å²) in [7, 11) is -4.67. The van der Waals surface area contributed by atoms with Crippen molar-refractivity contribution in [3.05, 3.63) is 12.2 Å². The van der Waals surface area contributed by atoms with E-state index in [1.807, 2.05) is 0 Å². The Bertz CT molecular complexity index is 486. The van der Waals surface area contributed by atoms with Crippen LogP contribution in [0.3, 0.4) is 0 Å². The van der Waals surface area contributed by atoms with Crippen molar-refractivity contribution in [3.63, 3.8) is 0 Å². The molecule has 0 amide bonds. The predicted molar refractivity (Wildman–Crippen MR) is 128 cm³/mol. The van der Waals surface area contributed by atoms with Crippen LogP contribution < -0.4 is 0 Å². The Balaban J connectivity index is -0.000000646. The molecule has 0 aliphatic rings. The fraction of sp³-hybridized carbons (Fsp3) is 0.864. The van der Waals surface area contributed by atoms with Crippen molar-refractivity contribution in [1.82, 2.24) is 0 Å². The Labute approximate surface area is 208 Å². The fourth-order valence-corrected chi connectivity index (χ4v) is 3.43. The average molecular weight is 477 g/mol. The van der Waals surface area contributed by atoms with E-state index < -0.39 is 16.4 Å². The van der Waals surface area contributed by atoms with E-state index in [-0.39, 0.29) is 6.10 Å². The molecule has 0 saturated heterocycles. The minimum Gasteiger partial charge on any atom is -0.264 e. The molecule has 7 nitrogen and oxygen atoms in total. The average Bonchev–Trinajstić information content (AvgIpc) is 2.66. The minimum absolute atomic E-state index is 0.172. The van der Waals surface area contributed by atoms with Gasteiger partial charge in [0.15, 0.2) is 0 Å². The SMILES string of the molecule is CCCCCCC(O)C/C=C\CCCCCCCC(=O)O.CCC[CH2][Na].O=S(=O)(O)O. The van der Waals surface area contributed by atoms with E-state index in [0.717, 1.165) is 51.4 Å². The van der Waals surface area contributed by atoms with Gasteiger partial charge in [-0.1, -0.05) is 64.0 Å². The topological polar surface area (TPSA) is 132 Å². The first kappa shape index (κ1) is 35.6. The van der Waals surface area contributed by atoms with Gasteiger partial charge in [-0.2, -0.15) is 8.42 Å². The summed E-state index contributed by atoms with van der Waals surface area (Å²) in [6.07, 6.45) is 20.2. The molecule has 0 aliphatic carbocycles. The second kappa shape index (κ2) is 28.1. The Morgan fingerprint density at radius 2 is 1.39 bits per heavy atom. The molecule has 0 radical (unpaired) electrons. The van der Waals surface area contributed by atoms with Crippen LogP contribution in [0, 0.1) is 0 Å². The van der Waals surface area contributed by atoms with Crippen LogP contribution in [-0.4, -0.2) is 67.7 Å². The summed E-state index contributed by atoms with van der Waals surface area (Å²) in [5, 5.41) is 18.3. The van der Waals surface area contributed by atoms with Gasteiger partial charge in [-0.3, -0.25) is 13.9 Å². The third kappa shape index (κ3) is 53.4. The van der Waals surface area contributed by atoms with Crippen LogP contribution in [0.5, 0.6) is 0 Å². The normalized spacial score (nSPS) is 12.0. The molecule has 182 valence electrons. The third-order valence-corrected chi connectivity index (χ3v) is 5.14. The van der Waals surface area contributed by atoms with Gasteiger partial charge >= 0.3 is 67.7 Å². The van der Waals surface area contributed by atoms with E-state index in [9.17, 15) is 9.90 Å². The second-order valence-corrected chi connectivity index (χ2v) is 9.61. The number of aliphatic hydroxyl groups excluding tert-OH is 1. The molecule has 0 spiro atoms. The van der Waals surface area contributed by atoms with Gasteiger partial charge in [0.05, 0.1) is 6.10 Å². The van der Waals surface area contributed by atoms with Crippen LogP contribution >= 0.6 is 0 Å². The number of carbonyl (C=O) groups is 1. The predicted octanol–water partition coefficient (Wildman–Crippen LogP) is 5.80. The molecule has 4 N–H and O–H groups in total. The van der Waals surface area contributed by atoms with Crippen molar-refractivity contribution in [1.29, 1.82) is 0 Å². The van der Waals surface area contributed by atoms with Crippen molar-refractivity contribution in [3.8, 4) is 0 Å². The Morgan fingerprint density at radius 3 is 1.87 bits per heavy atom. The summed E-state index contributed by atoms with van der Waals surface area (Å²) >= 11 is 1.40. The number of aliphatic carboxylic acids is 1. The zero-order chi connectivity index (χ0) is 24.4. The van der Waals surface area contributed by atoms with E-state index in [1.54, 1.807) is 0 Å². The van der Waals surface area contributed by atoms with Crippen LogP contribution in [0.4, 0.5) is 0 Å². The van der Waals surface area contributed by atoms with Crippen LogP contribution in [0.1, 0.15) is 110 Å². The first-order chi connectivity index (χ1) is 14.6. The minimum atomic E-state index is -4.67. The van der Waals surface area contributed by atoms with E-state index in [4.69, 9.17) is 22.6 Å². The zero-order valence-electron chi connectivity index (χ0n) is 20.0. The van der Waals surface area contributed by atoms with Gasteiger partial charge in [0.25, 0.3) is 0 Å². The molecule has 0 aromatic rings. The quantitative estimate of drug-likeness (QED) is 0.0902. The molecule has 0 heterocycles. The number of allylic oxidation sites excluding steroid dienone is 1. The van der Waals surface area contributed by atoms with Gasteiger partial charge in [0.2, 0.25) is 0 Å². The molecule has 1 atom stereocenters. The largest absolute Gasteiger partial charge is 0.394 e. The standard InChI is InChI=1S/C18H34O3.C4H9.Na.H2O4S/c1-2-3-4-11-14-17(19)15-12-9-7-5-6-8-10-13-16-18(20)21;1-3-4-2;;1-5(2,3)4/h9,12,17,19H,2-8,10-11,13-16H2,1H3,(H,20,21);1,3-4H2,2H3;;(H2,1,2,3,4)/b12-9-;;;. The van der Waals surface area contributed by atoms with Crippen molar-refractivity contribution in [2.24, 2.45) is 0 Å². The number of unbranched alkanes of at least 4 members (excludes halogenated alkanes) is 9. The molecule has 9 heteroatoms. The Hall–Kier alpha value is 0.0400. The molecule has 0 aromatic heterocycles. The molecule has 0 aromatic carbocycles. The molecule has 0 rings (SSSR count). The molecule has 0 bridgehead atoms. The maximum atomic E-state index is 10.3. The summed E-state index contributed by atoms with van der Waals surface area (Å²) in [5.74, 6) is -0.689. The number of rotatable bonds is 17. The zero-order valence-corrected chi connectivity index (χ0v) is 22.8. The van der Waals surface area contributed by atoms with Crippen LogP contribution in [-0.2, 0) is 15.2 Å². The molecular formula is C22H45NaO7S. The summed E-state index contributed by atoms with van der Waals surface area (Å²) in [6.45, 7) is 4.43. The molecule has 31 heavy (non-hydrogen) atoms. The van der Waals surface area contributed by atoms with E-state index >= 15 is 0 Å². The summed E-state index contributed by atoms with van der Waals surface area (Å²) in [6, 6.07) is 0. The second-order valence-electron chi connectivity index (χ2n) is 7.71. The van der Waals surface area contributed by atoms with Crippen molar-refractivity contribution in [2.75, 3.05) is 0 Å². The maximum Gasteiger partial charge on any atom is 0.394 e. The number of hydrogen-bond acceptors (Lipinski definition) is 4. The van der Waals surface area contributed by atoms with E-state index in [1.165, 1.54) is 70.1 Å². The molecule has 0 fully saturated rings. The van der Waals surface area contributed by atoms with Crippen LogP contribution in [0.25, 0.3) is 0 Å². The number of carboxylic acid groups (broad SMARTS) is 1. The van der Waals surface area contributed by atoms with E-state index in [0.29, 0.717) is 6.42 Å². The monoisotopic (exact) mass is 476 g/mol. The first-order valence-electron chi connectivity index (χ1n) is 11.8. The van der Waals surface area contributed by atoms with Crippen molar-refractivity contribution < 1.29 is 32.5 Å². The van der Waals surface area contributed by atoms with Gasteiger partial charge in [-0.25, -0.2) is 0 Å². The fourth-order valence-electron chi connectivity index (χ4n) is 2.72. The third-order valence-electron chi connectivity index (χ3n) is 4.43. The van der Waals surface area contributed by atoms with Gasteiger partial charge < -0.3 is 10.2 Å². The van der Waals surface area contributed by atoms with Gasteiger partial charge in [0, 0.05) is 6.42 Å². The molecule has 1 unspecified atom stereocenters. The van der Waals surface area contributed by atoms with Gasteiger partial charge in [-0.15, -0.1) is 0 Å². The first-order valence-corrected chi connectivity index (χ1v) is 14.6. The van der Waals surface area contributed by atoms with Crippen molar-refractivity contribution in [2.45, 2.75) is 120 Å². The van der Waals surface area contributed by atoms with Crippen molar-refractivity contribution >= 4 is 44.3 Å². The molecular weight excluding hydrogens is 431 g/mol. The van der Waals surface area contributed by atoms with Gasteiger partial charge in [0.1, 0.15) is 0 Å². The van der Waals surface area contributed by atoms with Crippen LogP contribution in [0.2, 0.25) is 3.67 Å². The van der Waals surface area contributed by atoms with Gasteiger partial charge in [-0.05, 0) is 32.1 Å². The molecule has 0 aliphatic heterocycles.